The summed E-state index contributed by atoms with van der Waals surface area (Å²) in [7, 11) is 0. The maximum absolute atomic E-state index is 13.2. The third-order valence-electron chi connectivity index (χ3n) is 5.05. The van der Waals surface area contributed by atoms with Crippen molar-refractivity contribution in [2.24, 2.45) is 0 Å². The lowest BCUT2D eigenvalue weighted by Gasteiger charge is -2.27. The normalized spacial score (nSPS) is 13.5. The number of nitrogens with one attached hydrogen (secondary N) is 4. The van der Waals surface area contributed by atoms with E-state index in [1.54, 1.807) is 29.2 Å². The Morgan fingerprint density at radius 3 is 2.24 bits per heavy atom. The second-order valence-electron chi connectivity index (χ2n) is 7.28. The number of aromatic nitrogens is 2. The van der Waals surface area contributed by atoms with Gasteiger partial charge in [0.15, 0.2) is 5.69 Å². The van der Waals surface area contributed by atoms with Crippen LogP contribution in [0.15, 0.2) is 48.8 Å². The summed E-state index contributed by atoms with van der Waals surface area (Å²) in [5.74, 6) is -1.85. The van der Waals surface area contributed by atoms with Crippen LogP contribution >= 0.6 is 11.6 Å². The Kier molecular flexibility index (Phi) is 6.66. The van der Waals surface area contributed by atoms with Gasteiger partial charge in [-0.25, -0.2) is 9.37 Å². The fourth-order valence-corrected chi connectivity index (χ4v) is 3.61. The molecule has 11 heteroatoms. The van der Waals surface area contributed by atoms with Gasteiger partial charge in [-0.3, -0.25) is 14.4 Å². The summed E-state index contributed by atoms with van der Waals surface area (Å²) in [5, 5.41) is 8.52. The lowest BCUT2D eigenvalue weighted by Crippen LogP contribution is -2.46. The molecule has 4 N–H and O–H groups in total. The number of halogens is 2. The van der Waals surface area contributed by atoms with Crippen LogP contribution in [-0.2, 0) is 0 Å². The van der Waals surface area contributed by atoms with E-state index < -0.39 is 17.6 Å². The Labute approximate surface area is 193 Å². The molecule has 2 aromatic carbocycles. The zero-order valence-electron chi connectivity index (χ0n) is 17.3. The molecule has 170 valence electrons. The molecule has 0 spiro atoms. The van der Waals surface area contributed by atoms with E-state index in [1.807, 2.05) is 0 Å². The van der Waals surface area contributed by atoms with Gasteiger partial charge in [-0.1, -0.05) is 11.6 Å². The number of benzene rings is 2. The minimum absolute atomic E-state index is 0.00144. The number of carbonyl (C=O) groups is 3. The van der Waals surface area contributed by atoms with Gasteiger partial charge in [0.1, 0.15) is 11.5 Å². The van der Waals surface area contributed by atoms with Gasteiger partial charge in [0.25, 0.3) is 17.7 Å². The van der Waals surface area contributed by atoms with Crippen molar-refractivity contribution in [3.05, 3.63) is 76.6 Å². The minimum Gasteiger partial charge on any atom is -0.340 e. The van der Waals surface area contributed by atoms with E-state index in [-0.39, 0.29) is 27.9 Å². The molecule has 1 aliphatic heterocycles. The van der Waals surface area contributed by atoms with Gasteiger partial charge >= 0.3 is 0 Å². The van der Waals surface area contributed by atoms with Crippen LogP contribution in [0.4, 0.5) is 15.8 Å². The largest absolute Gasteiger partial charge is 0.340 e. The van der Waals surface area contributed by atoms with Gasteiger partial charge in [-0.2, -0.15) is 0 Å². The van der Waals surface area contributed by atoms with E-state index in [2.05, 4.69) is 25.9 Å². The number of H-pyrrole nitrogens is 1. The molecule has 4 rings (SSSR count). The van der Waals surface area contributed by atoms with E-state index in [4.69, 9.17) is 11.6 Å². The van der Waals surface area contributed by atoms with Crippen molar-refractivity contribution in [3.8, 4) is 0 Å². The van der Waals surface area contributed by atoms with Crippen LogP contribution in [0.1, 0.15) is 31.3 Å². The minimum atomic E-state index is -0.537. The van der Waals surface area contributed by atoms with E-state index in [0.29, 0.717) is 37.6 Å². The Morgan fingerprint density at radius 1 is 0.970 bits per heavy atom. The highest BCUT2D eigenvalue weighted by atomic mass is 35.5. The summed E-state index contributed by atoms with van der Waals surface area (Å²) in [6, 6.07) is 9.85. The molecule has 1 aliphatic rings. The average molecular weight is 471 g/mol. The van der Waals surface area contributed by atoms with Crippen LogP contribution in [0.3, 0.4) is 0 Å². The summed E-state index contributed by atoms with van der Waals surface area (Å²) < 4.78 is 13.2. The topological polar surface area (TPSA) is 119 Å². The van der Waals surface area contributed by atoms with Crippen LogP contribution in [-0.4, -0.2) is 58.8 Å². The summed E-state index contributed by atoms with van der Waals surface area (Å²) in [4.78, 5) is 46.2. The SMILES string of the molecule is O=C(Nc1ccc(NC(=O)c2nc[nH]c2C(=O)N2CCNCC2)cc1)c1ccc(F)cc1Cl. The van der Waals surface area contributed by atoms with E-state index in [0.717, 1.165) is 12.1 Å². The third kappa shape index (κ3) is 5.18. The first kappa shape index (κ1) is 22.4. The Bertz CT molecular complexity index is 1190. The number of rotatable bonds is 5. The molecule has 3 amide bonds. The van der Waals surface area contributed by atoms with Crippen molar-refractivity contribution in [2.75, 3.05) is 36.8 Å². The number of nitrogens with zero attached hydrogens (tertiary/aromatic N) is 2. The fourth-order valence-electron chi connectivity index (χ4n) is 3.35. The third-order valence-corrected chi connectivity index (χ3v) is 5.36. The summed E-state index contributed by atoms with van der Waals surface area (Å²) in [6.45, 7) is 2.49. The van der Waals surface area contributed by atoms with E-state index >= 15 is 0 Å². The Balaban J connectivity index is 1.40. The lowest BCUT2D eigenvalue weighted by molar-refractivity contribution is 0.0726. The monoisotopic (exact) mass is 470 g/mol. The van der Waals surface area contributed by atoms with Gasteiger partial charge in [0.05, 0.1) is 16.9 Å². The predicted octanol–water partition coefficient (Wildman–Crippen LogP) is 2.75. The van der Waals surface area contributed by atoms with E-state index in [1.165, 1.54) is 12.4 Å². The van der Waals surface area contributed by atoms with Crippen molar-refractivity contribution in [1.82, 2.24) is 20.2 Å². The number of amides is 3. The quantitative estimate of drug-likeness (QED) is 0.457. The van der Waals surface area contributed by atoms with Crippen LogP contribution in [0.2, 0.25) is 5.02 Å². The highest BCUT2D eigenvalue weighted by Crippen LogP contribution is 2.20. The number of hydrogen-bond acceptors (Lipinski definition) is 5. The van der Waals surface area contributed by atoms with Gasteiger partial charge in [0.2, 0.25) is 0 Å². The molecule has 1 aromatic heterocycles. The van der Waals surface area contributed by atoms with Crippen LogP contribution in [0.25, 0.3) is 0 Å². The number of piperazine rings is 1. The first-order chi connectivity index (χ1) is 15.9. The van der Waals surface area contributed by atoms with Crippen molar-refractivity contribution >= 4 is 40.7 Å². The number of carbonyl (C=O) groups excluding carboxylic acids is 3. The summed E-state index contributed by atoms with van der Waals surface area (Å²) >= 11 is 5.92. The highest BCUT2D eigenvalue weighted by molar-refractivity contribution is 6.34. The molecule has 0 atom stereocenters. The van der Waals surface area contributed by atoms with Crippen molar-refractivity contribution < 1.29 is 18.8 Å². The smallest absolute Gasteiger partial charge is 0.276 e. The van der Waals surface area contributed by atoms with Crippen molar-refractivity contribution in [2.45, 2.75) is 0 Å². The number of anilines is 2. The maximum atomic E-state index is 13.2. The molecule has 1 fully saturated rings. The molecule has 0 unspecified atom stereocenters. The van der Waals surface area contributed by atoms with Crippen LogP contribution < -0.4 is 16.0 Å². The summed E-state index contributed by atoms with van der Waals surface area (Å²) in [5.41, 5.74) is 1.17. The number of aromatic amines is 1. The molecule has 0 bridgehead atoms. The van der Waals surface area contributed by atoms with Crippen molar-refractivity contribution in [3.63, 3.8) is 0 Å². The van der Waals surface area contributed by atoms with Gasteiger partial charge in [-0.15, -0.1) is 0 Å². The molecule has 0 aliphatic carbocycles. The highest BCUT2D eigenvalue weighted by Gasteiger charge is 2.25. The average Bonchev–Trinajstić information content (AvgIpc) is 3.30. The molecular weight excluding hydrogens is 451 g/mol. The first-order valence-corrected chi connectivity index (χ1v) is 10.5. The molecule has 2 heterocycles. The molecule has 3 aromatic rings. The van der Waals surface area contributed by atoms with Gasteiger partial charge in [-0.05, 0) is 42.5 Å². The Morgan fingerprint density at radius 2 is 1.61 bits per heavy atom. The molecule has 0 radical (unpaired) electrons. The fraction of sp³-hybridized carbons (Fsp3) is 0.182. The zero-order chi connectivity index (χ0) is 23.4. The molecule has 33 heavy (non-hydrogen) atoms. The molecule has 9 nitrogen and oxygen atoms in total. The summed E-state index contributed by atoms with van der Waals surface area (Å²) in [6.07, 6.45) is 1.31. The molecule has 0 saturated carbocycles. The number of hydrogen-bond donors (Lipinski definition) is 4. The second kappa shape index (κ2) is 9.80. The first-order valence-electron chi connectivity index (χ1n) is 10.1. The van der Waals surface area contributed by atoms with Gasteiger partial charge in [0, 0.05) is 37.6 Å². The van der Waals surface area contributed by atoms with Crippen LogP contribution in [0.5, 0.6) is 0 Å². The molecular formula is C22H20ClFN6O3. The van der Waals surface area contributed by atoms with Crippen molar-refractivity contribution in [1.29, 1.82) is 0 Å². The van der Waals surface area contributed by atoms with Gasteiger partial charge < -0.3 is 25.8 Å². The standard InChI is InChI=1S/C22H20ClFN6O3/c23-17-11-13(24)1-6-16(17)20(31)28-14-2-4-15(5-3-14)29-21(32)18-19(27-12-26-18)22(33)30-9-7-25-8-10-30/h1-6,11-12,25H,7-10H2,(H,26,27)(H,28,31)(H,29,32). The predicted molar refractivity (Wildman–Crippen MR) is 121 cm³/mol. The molecule has 1 saturated heterocycles. The Hall–Kier alpha value is -3.76. The zero-order valence-corrected chi connectivity index (χ0v) is 18.1. The number of imidazole rings is 1. The second-order valence-corrected chi connectivity index (χ2v) is 7.69. The van der Waals surface area contributed by atoms with Crippen LogP contribution in [0, 0.1) is 5.82 Å². The van der Waals surface area contributed by atoms with E-state index in [9.17, 15) is 18.8 Å². The maximum Gasteiger partial charge on any atom is 0.276 e. The lowest BCUT2D eigenvalue weighted by atomic mass is 10.2.